The minimum atomic E-state index is -4.50. The number of likely N-dealkylation sites (tertiary alicyclic amines) is 1. The van der Waals surface area contributed by atoms with Gasteiger partial charge >= 0.3 is 6.18 Å². The SMILES string of the molecule is Cc1cc(C(F)(F)F)cc(O)c1-c1cc2c(nn1)N([C@H]1CCN(C3CC3)C1)CC2. The van der Waals surface area contributed by atoms with E-state index in [-0.39, 0.29) is 0 Å². The molecule has 0 spiro atoms. The van der Waals surface area contributed by atoms with E-state index >= 15 is 0 Å². The second-order valence-corrected chi connectivity index (χ2v) is 8.38. The Morgan fingerprint density at radius 1 is 1.03 bits per heavy atom. The number of phenolic OH excluding ortho intramolecular Hbond substituents is 1. The van der Waals surface area contributed by atoms with Gasteiger partial charge in [0.25, 0.3) is 0 Å². The van der Waals surface area contributed by atoms with Gasteiger partial charge in [-0.1, -0.05) is 0 Å². The van der Waals surface area contributed by atoms with Crippen molar-refractivity contribution in [2.24, 2.45) is 0 Å². The maximum Gasteiger partial charge on any atom is 0.416 e. The number of phenols is 1. The number of halogens is 3. The Hall–Kier alpha value is -2.35. The highest BCUT2D eigenvalue weighted by Gasteiger charge is 2.39. The highest BCUT2D eigenvalue weighted by molar-refractivity contribution is 5.73. The summed E-state index contributed by atoms with van der Waals surface area (Å²) < 4.78 is 39.0. The fourth-order valence-electron chi connectivity index (χ4n) is 4.73. The molecule has 0 unspecified atom stereocenters. The van der Waals surface area contributed by atoms with Crippen molar-refractivity contribution in [1.29, 1.82) is 0 Å². The van der Waals surface area contributed by atoms with Gasteiger partial charge in [-0.3, -0.25) is 4.90 Å². The van der Waals surface area contributed by atoms with E-state index in [9.17, 15) is 18.3 Å². The number of aromatic nitrogens is 2. The summed E-state index contributed by atoms with van der Waals surface area (Å²) >= 11 is 0. The Bertz CT molecular complexity index is 934. The van der Waals surface area contributed by atoms with Crippen LogP contribution in [0.2, 0.25) is 0 Å². The molecular formula is C21H23F3N4O. The Morgan fingerprint density at radius 2 is 1.83 bits per heavy atom. The van der Waals surface area contributed by atoms with E-state index in [1.54, 1.807) is 6.92 Å². The number of benzene rings is 1. The Morgan fingerprint density at radius 3 is 2.52 bits per heavy atom. The molecule has 3 aliphatic rings. The third-order valence-corrected chi connectivity index (χ3v) is 6.34. The van der Waals surface area contributed by atoms with Crippen LogP contribution in [-0.4, -0.2) is 51.9 Å². The average molecular weight is 404 g/mol. The van der Waals surface area contributed by atoms with E-state index in [0.717, 1.165) is 62.0 Å². The van der Waals surface area contributed by atoms with Gasteiger partial charge in [0.1, 0.15) is 5.75 Å². The number of hydrogen-bond acceptors (Lipinski definition) is 5. The van der Waals surface area contributed by atoms with E-state index in [0.29, 0.717) is 22.9 Å². The molecule has 1 saturated carbocycles. The van der Waals surface area contributed by atoms with Gasteiger partial charge in [0, 0.05) is 42.8 Å². The average Bonchev–Trinajstić information content (AvgIpc) is 3.23. The Balaban J connectivity index is 1.42. The van der Waals surface area contributed by atoms with Crippen molar-refractivity contribution in [3.8, 4) is 17.0 Å². The molecule has 2 fully saturated rings. The standard InChI is InChI=1S/C21H23F3N4O/c1-12-8-14(21(22,23)24)10-18(29)19(12)17-9-13-4-7-28(20(13)26-25-17)16-5-6-27(11-16)15-2-3-15/h8-10,15-16,29H,2-7,11H2,1H3/t16-/m0/s1. The first-order chi connectivity index (χ1) is 13.8. The molecule has 2 aliphatic heterocycles. The van der Waals surface area contributed by atoms with Gasteiger partial charge in [0.15, 0.2) is 5.82 Å². The minimum absolute atomic E-state index is 0.313. The number of aromatic hydroxyl groups is 1. The fourth-order valence-corrected chi connectivity index (χ4v) is 4.73. The van der Waals surface area contributed by atoms with E-state index in [2.05, 4.69) is 20.0 Å². The largest absolute Gasteiger partial charge is 0.507 e. The lowest BCUT2D eigenvalue weighted by molar-refractivity contribution is -0.137. The zero-order valence-electron chi connectivity index (χ0n) is 16.2. The molecule has 1 N–H and O–H groups in total. The van der Waals surface area contributed by atoms with Crippen molar-refractivity contribution in [3.63, 3.8) is 0 Å². The molecule has 8 heteroatoms. The molecule has 154 valence electrons. The van der Waals surface area contributed by atoms with E-state index in [1.807, 2.05) is 6.07 Å². The highest BCUT2D eigenvalue weighted by Crippen LogP contribution is 2.40. The van der Waals surface area contributed by atoms with Crippen molar-refractivity contribution >= 4 is 5.82 Å². The molecule has 1 aromatic heterocycles. The first-order valence-corrected chi connectivity index (χ1v) is 10.1. The number of alkyl halides is 3. The number of fused-ring (bicyclic) bond motifs is 1. The molecular weight excluding hydrogens is 381 g/mol. The Labute approximate surface area is 167 Å². The second kappa shape index (κ2) is 6.58. The first-order valence-electron chi connectivity index (χ1n) is 10.1. The summed E-state index contributed by atoms with van der Waals surface area (Å²) in [5, 5.41) is 19.0. The van der Waals surface area contributed by atoms with Gasteiger partial charge in [0.2, 0.25) is 0 Å². The van der Waals surface area contributed by atoms with Gasteiger partial charge in [-0.25, -0.2) is 0 Å². The minimum Gasteiger partial charge on any atom is -0.507 e. The molecule has 5 rings (SSSR count). The van der Waals surface area contributed by atoms with Crippen LogP contribution in [0.1, 0.15) is 36.0 Å². The maximum atomic E-state index is 13.0. The lowest BCUT2D eigenvalue weighted by Gasteiger charge is -2.26. The van der Waals surface area contributed by atoms with Crippen molar-refractivity contribution in [3.05, 3.63) is 34.9 Å². The predicted molar refractivity (Wildman–Crippen MR) is 103 cm³/mol. The zero-order valence-corrected chi connectivity index (χ0v) is 16.2. The molecule has 1 aliphatic carbocycles. The van der Waals surface area contributed by atoms with E-state index in [4.69, 9.17) is 0 Å². The molecule has 0 amide bonds. The summed E-state index contributed by atoms with van der Waals surface area (Å²) in [4.78, 5) is 4.89. The van der Waals surface area contributed by atoms with Gasteiger partial charge in [-0.05, 0) is 56.4 Å². The van der Waals surface area contributed by atoms with Crippen LogP contribution in [0.5, 0.6) is 5.75 Å². The number of aryl methyl sites for hydroxylation is 1. The van der Waals surface area contributed by atoms with Crippen molar-refractivity contribution in [1.82, 2.24) is 15.1 Å². The number of hydrogen-bond donors (Lipinski definition) is 1. The fraction of sp³-hybridized carbons (Fsp3) is 0.524. The van der Waals surface area contributed by atoms with Gasteiger partial charge < -0.3 is 10.0 Å². The van der Waals surface area contributed by atoms with Crippen LogP contribution in [0.15, 0.2) is 18.2 Å². The van der Waals surface area contributed by atoms with E-state index < -0.39 is 17.5 Å². The van der Waals surface area contributed by atoms with Crippen molar-refractivity contribution < 1.29 is 18.3 Å². The number of nitrogens with zero attached hydrogens (tertiary/aromatic N) is 4. The summed E-state index contributed by atoms with van der Waals surface area (Å²) in [5.41, 5.74) is 1.24. The summed E-state index contributed by atoms with van der Waals surface area (Å²) in [6.45, 7) is 4.63. The second-order valence-electron chi connectivity index (χ2n) is 8.38. The maximum absolute atomic E-state index is 13.0. The predicted octanol–water partition coefficient (Wildman–Crippen LogP) is 3.78. The lowest BCUT2D eigenvalue weighted by atomic mass is 9.99. The molecule has 1 saturated heterocycles. The normalized spacial score (nSPS) is 22.3. The van der Waals surface area contributed by atoms with Crippen LogP contribution in [0.25, 0.3) is 11.3 Å². The molecule has 29 heavy (non-hydrogen) atoms. The van der Waals surface area contributed by atoms with Crippen LogP contribution in [0, 0.1) is 6.92 Å². The topological polar surface area (TPSA) is 52.5 Å². The molecule has 2 aromatic rings. The molecule has 1 atom stereocenters. The van der Waals surface area contributed by atoms with Crippen molar-refractivity contribution in [2.45, 2.75) is 50.9 Å². The third-order valence-electron chi connectivity index (χ3n) is 6.34. The summed E-state index contributed by atoms with van der Waals surface area (Å²) in [7, 11) is 0. The quantitative estimate of drug-likeness (QED) is 0.844. The highest BCUT2D eigenvalue weighted by atomic mass is 19.4. The number of anilines is 1. The van der Waals surface area contributed by atoms with Crippen molar-refractivity contribution in [2.75, 3.05) is 24.5 Å². The van der Waals surface area contributed by atoms with Crippen LogP contribution in [-0.2, 0) is 12.6 Å². The van der Waals surface area contributed by atoms with Crippen LogP contribution < -0.4 is 4.90 Å². The van der Waals surface area contributed by atoms with Gasteiger partial charge in [-0.2, -0.15) is 13.2 Å². The summed E-state index contributed by atoms with van der Waals surface area (Å²) in [5.74, 6) is 0.456. The summed E-state index contributed by atoms with van der Waals surface area (Å²) in [6.07, 6.45) is 0.0712. The Kier molecular flexibility index (Phi) is 4.24. The van der Waals surface area contributed by atoms with E-state index in [1.165, 1.54) is 12.8 Å². The van der Waals surface area contributed by atoms with Crippen LogP contribution in [0.4, 0.5) is 19.0 Å². The van der Waals surface area contributed by atoms with Gasteiger partial charge in [0.05, 0.1) is 11.3 Å². The van der Waals surface area contributed by atoms with Gasteiger partial charge in [-0.15, -0.1) is 10.2 Å². The lowest BCUT2D eigenvalue weighted by Crippen LogP contribution is -2.37. The molecule has 1 aromatic carbocycles. The molecule has 0 radical (unpaired) electrons. The molecule has 5 nitrogen and oxygen atoms in total. The molecule has 0 bridgehead atoms. The molecule has 3 heterocycles. The number of rotatable bonds is 3. The smallest absolute Gasteiger partial charge is 0.416 e. The van der Waals surface area contributed by atoms with Crippen LogP contribution >= 0.6 is 0 Å². The summed E-state index contributed by atoms with van der Waals surface area (Å²) in [6, 6.07) is 4.88. The monoisotopic (exact) mass is 404 g/mol. The zero-order chi connectivity index (χ0) is 20.3. The van der Waals surface area contributed by atoms with Crippen LogP contribution in [0.3, 0.4) is 0 Å². The third kappa shape index (κ3) is 3.33. The first kappa shape index (κ1) is 18.7.